The molecule has 0 aliphatic heterocycles. The van der Waals surface area contributed by atoms with Crippen LogP contribution >= 0.6 is 11.3 Å². The first-order valence-corrected chi connectivity index (χ1v) is 6.49. The topological polar surface area (TPSA) is 98.5 Å². The number of amides is 1. The standard InChI is InChI=1S/C11H9N7OS/c1-7-14-17-11(20-7)13-10(19)8-3-4-9(16-15-8)18-6-2-5-12-18/h2-6H,1H3,(H,13,17,19). The van der Waals surface area contributed by atoms with Gasteiger partial charge in [-0.15, -0.1) is 20.4 Å². The molecule has 0 aromatic carbocycles. The molecule has 1 amide bonds. The predicted octanol–water partition coefficient (Wildman–Crippen LogP) is 1.07. The molecule has 3 aromatic heterocycles. The Morgan fingerprint density at radius 3 is 2.75 bits per heavy atom. The molecule has 0 saturated carbocycles. The summed E-state index contributed by atoms with van der Waals surface area (Å²) < 4.78 is 1.56. The fraction of sp³-hybridized carbons (Fsp3) is 0.0909. The minimum absolute atomic E-state index is 0.203. The van der Waals surface area contributed by atoms with E-state index < -0.39 is 0 Å². The largest absolute Gasteiger partial charge is 0.295 e. The Bertz CT molecular complexity index is 720. The second kappa shape index (κ2) is 5.13. The lowest BCUT2D eigenvalue weighted by atomic mass is 10.3. The monoisotopic (exact) mass is 287 g/mol. The number of rotatable bonds is 3. The van der Waals surface area contributed by atoms with Gasteiger partial charge in [-0.2, -0.15) is 5.10 Å². The molecule has 0 spiro atoms. The van der Waals surface area contributed by atoms with Crippen LogP contribution in [0.15, 0.2) is 30.6 Å². The average Bonchev–Trinajstić information content (AvgIpc) is 3.11. The summed E-state index contributed by atoms with van der Waals surface area (Å²) in [6, 6.07) is 5.02. The number of nitrogens with one attached hydrogen (secondary N) is 1. The molecule has 20 heavy (non-hydrogen) atoms. The SMILES string of the molecule is Cc1nnc(NC(=O)c2ccc(-n3cccn3)nn2)s1. The van der Waals surface area contributed by atoms with Gasteiger partial charge in [-0.25, -0.2) is 4.68 Å². The number of nitrogens with zero attached hydrogens (tertiary/aromatic N) is 6. The van der Waals surface area contributed by atoms with E-state index in [2.05, 4.69) is 30.8 Å². The highest BCUT2D eigenvalue weighted by molar-refractivity contribution is 7.15. The van der Waals surface area contributed by atoms with Crippen molar-refractivity contribution in [3.05, 3.63) is 41.3 Å². The van der Waals surface area contributed by atoms with Crippen LogP contribution in [0.2, 0.25) is 0 Å². The quantitative estimate of drug-likeness (QED) is 0.773. The summed E-state index contributed by atoms with van der Waals surface area (Å²) in [4.78, 5) is 11.9. The Morgan fingerprint density at radius 2 is 2.15 bits per heavy atom. The van der Waals surface area contributed by atoms with E-state index in [0.717, 1.165) is 5.01 Å². The van der Waals surface area contributed by atoms with Crippen molar-refractivity contribution in [2.24, 2.45) is 0 Å². The normalized spacial score (nSPS) is 10.4. The van der Waals surface area contributed by atoms with Crippen LogP contribution in [0.5, 0.6) is 0 Å². The van der Waals surface area contributed by atoms with Crippen molar-refractivity contribution < 1.29 is 4.79 Å². The van der Waals surface area contributed by atoms with Crippen LogP contribution in [-0.2, 0) is 0 Å². The van der Waals surface area contributed by atoms with Gasteiger partial charge in [0.2, 0.25) is 5.13 Å². The molecule has 3 heterocycles. The summed E-state index contributed by atoms with van der Waals surface area (Å²) in [5.41, 5.74) is 0.203. The van der Waals surface area contributed by atoms with E-state index >= 15 is 0 Å². The number of aryl methyl sites for hydroxylation is 1. The fourth-order valence-corrected chi connectivity index (χ4v) is 2.07. The minimum atomic E-state index is -0.374. The molecule has 0 aliphatic carbocycles. The summed E-state index contributed by atoms with van der Waals surface area (Å²) >= 11 is 1.30. The van der Waals surface area contributed by atoms with Gasteiger partial charge in [-0.05, 0) is 25.1 Å². The van der Waals surface area contributed by atoms with Crippen molar-refractivity contribution in [2.75, 3.05) is 5.32 Å². The Balaban J connectivity index is 1.75. The maximum Gasteiger partial charge on any atom is 0.278 e. The van der Waals surface area contributed by atoms with Gasteiger partial charge in [0.15, 0.2) is 11.5 Å². The van der Waals surface area contributed by atoms with Crippen molar-refractivity contribution in [1.29, 1.82) is 0 Å². The lowest BCUT2D eigenvalue weighted by Crippen LogP contribution is -2.15. The van der Waals surface area contributed by atoms with Gasteiger partial charge < -0.3 is 0 Å². The maximum absolute atomic E-state index is 11.9. The van der Waals surface area contributed by atoms with E-state index in [1.165, 1.54) is 11.3 Å². The molecule has 0 radical (unpaired) electrons. The second-order valence-corrected chi connectivity index (χ2v) is 4.99. The highest BCUT2D eigenvalue weighted by Crippen LogP contribution is 2.14. The Labute approximate surface area is 117 Å². The van der Waals surface area contributed by atoms with E-state index in [-0.39, 0.29) is 11.6 Å². The van der Waals surface area contributed by atoms with Crippen molar-refractivity contribution in [2.45, 2.75) is 6.92 Å². The predicted molar refractivity (Wildman–Crippen MR) is 71.8 cm³/mol. The highest BCUT2D eigenvalue weighted by Gasteiger charge is 2.11. The molecule has 0 unspecified atom stereocenters. The number of hydrogen-bond acceptors (Lipinski definition) is 7. The second-order valence-electron chi connectivity index (χ2n) is 3.81. The van der Waals surface area contributed by atoms with Gasteiger partial charge in [-0.3, -0.25) is 10.1 Å². The first kappa shape index (κ1) is 12.4. The third-order valence-electron chi connectivity index (χ3n) is 2.37. The van der Waals surface area contributed by atoms with Crippen LogP contribution in [-0.4, -0.2) is 36.1 Å². The van der Waals surface area contributed by atoms with Crippen LogP contribution in [0.3, 0.4) is 0 Å². The fourth-order valence-electron chi connectivity index (χ4n) is 1.48. The molecular weight excluding hydrogens is 278 g/mol. The zero-order valence-electron chi connectivity index (χ0n) is 10.4. The summed E-state index contributed by atoms with van der Waals surface area (Å²) in [7, 11) is 0. The van der Waals surface area contributed by atoms with Crippen LogP contribution in [0.1, 0.15) is 15.5 Å². The van der Waals surface area contributed by atoms with E-state index in [1.807, 2.05) is 6.92 Å². The number of carbonyl (C=O) groups excluding carboxylic acids is 1. The van der Waals surface area contributed by atoms with Crippen LogP contribution < -0.4 is 5.32 Å². The Kier molecular flexibility index (Phi) is 3.17. The summed E-state index contributed by atoms with van der Waals surface area (Å²) in [5, 5.41) is 23.3. The molecule has 0 atom stereocenters. The molecule has 8 nitrogen and oxygen atoms in total. The molecule has 3 rings (SSSR count). The van der Waals surface area contributed by atoms with Gasteiger partial charge in [-0.1, -0.05) is 11.3 Å². The van der Waals surface area contributed by atoms with Gasteiger partial charge in [0.25, 0.3) is 5.91 Å². The summed E-state index contributed by atoms with van der Waals surface area (Å²) in [6.07, 6.45) is 3.38. The van der Waals surface area contributed by atoms with E-state index in [1.54, 1.807) is 35.3 Å². The molecule has 0 saturated heterocycles. The summed E-state index contributed by atoms with van der Waals surface area (Å²) in [6.45, 7) is 1.81. The third kappa shape index (κ3) is 2.52. The van der Waals surface area contributed by atoms with Gasteiger partial charge >= 0.3 is 0 Å². The zero-order valence-corrected chi connectivity index (χ0v) is 11.2. The maximum atomic E-state index is 11.9. The lowest BCUT2D eigenvalue weighted by Gasteiger charge is -2.01. The molecule has 3 aromatic rings. The third-order valence-corrected chi connectivity index (χ3v) is 3.12. The molecule has 100 valence electrons. The number of hydrogen-bond donors (Lipinski definition) is 1. The number of anilines is 1. The van der Waals surface area contributed by atoms with Crippen molar-refractivity contribution >= 4 is 22.4 Å². The number of aromatic nitrogens is 6. The van der Waals surface area contributed by atoms with Crippen molar-refractivity contribution in [1.82, 2.24) is 30.2 Å². The number of carbonyl (C=O) groups is 1. The van der Waals surface area contributed by atoms with Crippen LogP contribution in [0.4, 0.5) is 5.13 Å². The molecular formula is C11H9N7OS. The highest BCUT2D eigenvalue weighted by atomic mass is 32.1. The zero-order chi connectivity index (χ0) is 13.9. The molecule has 0 bridgehead atoms. The van der Waals surface area contributed by atoms with E-state index in [4.69, 9.17) is 0 Å². The Morgan fingerprint density at radius 1 is 1.25 bits per heavy atom. The minimum Gasteiger partial charge on any atom is -0.295 e. The molecule has 0 aliphatic rings. The van der Waals surface area contributed by atoms with Gasteiger partial charge in [0.1, 0.15) is 5.01 Å². The van der Waals surface area contributed by atoms with Gasteiger partial charge in [0, 0.05) is 12.4 Å². The lowest BCUT2D eigenvalue weighted by molar-refractivity contribution is 0.102. The summed E-state index contributed by atoms with van der Waals surface area (Å²) in [5.74, 6) is 0.166. The van der Waals surface area contributed by atoms with E-state index in [9.17, 15) is 4.79 Å². The molecule has 0 fully saturated rings. The van der Waals surface area contributed by atoms with Crippen molar-refractivity contribution in [3.63, 3.8) is 0 Å². The first-order chi connectivity index (χ1) is 9.72. The average molecular weight is 287 g/mol. The first-order valence-electron chi connectivity index (χ1n) is 5.67. The van der Waals surface area contributed by atoms with Crippen LogP contribution in [0, 0.1) is 6.92 Å². The Hall–Kier alpha value is -2.68. The molecule has 1 N–H and O–H groups in total. The molecule has 9 heteroatoms. The smallest absolute Gasteiger partial charge is 0.278 e. The van der Waals surface area contributed by atoms with Crippen molar-refractivity contribution in [3.8, 4) is 5.82 Å². The van der Waals surface area contributed by atoms with Crippen LogP contribution in [0.25, 0.3) is 5.82 Å². The van der Waals surface area contributed by atoms with Gasteiger partial charge in [0.05, 0.1) is 0 Å². The van der Waals surface area contributed by atoms with E-state index in [0.29, 0.717) is 10.9 Å².